The van der Waals surface area contributed by atoms with Crippen LogP contribution in [0.15, 0.2) is 35.5 Å². The fraction of sp³-hybridized carbons (Fsp3) is 0.0909. The summed E-state index contributed by atoms with van der Waals surface area (Å²) in [4.78, 5) is 6.53. The van der Waals surface area contributed by atoms with Crippen LogP contribution in [0.1, 0.15) is 11.4 Å². The zero-order valence-electron chi connectivity index (χ0n) is 9.59. The predicted molar refractivity (Wildman–Crippen MR) is 68.8 cm³/mol. The number of aromatic nitrogens is 2. The molecule has 19 heavy (non-hydrogen) atoms. The number of nitriles is 1. The summed E-state index contributed by atoms with van der Waals surface area (Å²) in [6.07, 6.45) is 3.10. The quantitative estimate of drug-likeness (QED) is 0.891. The van der Waals surface area contributed by atoms with E-state index in [0.717, 1.165) is 0 Å². The first kappa shape index (κ1) is 13.5. The second-order valence-corrected chi connectivity index (χ2v) is 5.78. The minimum Gasteiger partial charge on any atom is -0.347 e. The van der Waals surface area contributed by atoms with E-state index in [0.29, 0.717) is 5.82 Å². The molecular weight excluding hydrogens is 288 g/mol. The third kappa shape index (κ3) is 3.12. The highest BCUT2D eigenvalue weighted by Gasteiger charge is 2.19. The first-order valence-electron chi connectivity index (χ1n) is 5.20. The van der Waals surface area contributed by atoms with Gasteiger partial charge in [-0.1, -0.05) is 11.6 Å². The van der Waals surface area contributed by atoms with Crippen LogP contribution in [0.2, 0.25) is 5.02 Å². The normalized spacial score (nSPS) is 11.2. The van der Waals surface area contributed by atoms with E-state index in [4.69, 9.17) is 16.9 Å². The van der Waals surface area contributed by atoms with Crippen LogP contribution in [-0.4, -0.2) is 18.4 Å². The summed E-state index contributed by atoms with van der Waals surface area (Å²) >= 11 is 5.76. The van der Waals surface area contributed by atoms with Crippen molar-refractivity contribution in [2.75, 3.05) is 0 Å². The minimum absolute atomic E-state index is 0.00666. The highest BCUT2D eigenvalue weighted by atomic mass is 35.5. The highest BCUT2D eigenvalue weighted by molar-refractivity contribution is 7.89. The number of sulfonamides is 1. The number of benzene rings is 1. The van der Waals surface area contributed by atoms with Crippen molar-refractivity contribution in [2.45, 2.75) is 11.4 Å². The molecule has 0 amide bonds. The number of imidazole rings is 1. The Morgan fingerprint density at radius 3 is 2.89 bits per heavy atom. The van der Waals surface area contributed by atoms with Crippen LogP contribution in [0.3, 0.4) is 0 Å². The molecule has 2 aromatic rings. The van der Waals surface area contributed by atoms with Crippen molar-refractivity contribution in [3.8, 4) is 6.07 Å². The average molecular weight is 297 g/mol. The van der Waals surface area contributed by atoms with Crippen LogP contribution < -0.4 is 4.72 Å². The monoisotopic (exact) mass is 296 g/mol. The topological polar surface area (TPSA) is 98.6 Å². The Morgan fingerprint density at radius 1 is 1.47 bits per heavy atom. The molecule has 1 aromatic heterocycles. The molecule has 0 fully saturated rings. The van der Waals surface area contributed by atoms with Gasteiger partial charge in [0.2, 0.25) is 10.0 Å². The number of nitrogens with one attached hydrogen (secondary N) is 2. The third-order valence-electron chi connectivity index (χ3n) is 2.34. The van der Waals surface area contributed by atoms with Gasteiger partial charge in [-0.05, 0) is 18.2 Å². The van der Waals surface area contributed by atoms with Gasteiger partial charge in [0, 0.05) is 17.4 Å². The summed E-state index contributed by atoms with van der Waals surface area (Å²) in [6.45, 7) is 0.00666. The molecule has 0 aliphatic carbocycles. The lowest BCUT2D eigenvalue weighted by atomic mass is 10.2. The summed E-state index contributed by atoms with van der Waals surface area (Å²) < 4.78 is 26.5. The summed E-state index contributed by atoms with van der Waals surface area (Å²) in [6, 6.07) is 5.89. The SMILES string of the molecule is N#Cc1ccc(Cl)cc1S(=O)(=O)NCc1ncc[nH]1. The average Bonchev–Trinajstić information content (AvgIpc) is 2.89. The molecule has 1 aromatic carbocycles. The summed E-state index contributed by atoms with van der Waals surface area (Å²) in [5.74, 6) is 0.476. The van der Waals surface area contributed by atoms with E-state index in [2.05, 4.69) is 14.7 Å². The summed E-state index contributed by atoms with van der Waals surface area (Å²) in [5, 5.41) is 9.17. The van der Waals surface area contributed by atoms with Crippen molar-refractivity contribution < 1.29 is 8.42 Å². The maximum absolute atomic E-state index is 12.1. The fourth-order valence-electron chi connectivity index (χ4n) is 1.45. The predicted octanol–water partition coefficient (Wildman–Crippen LogP) is 1.41. The van der Waals surface area contributed by atoms with Gasteiger partial charge >= 0.3 is 0 Å². The zero-order chi connectivity index (χ0) is 13.9. The molecule has 0 saturated heterocycles. The van der Waals surface area contributed by atoms with Crippen LogP contribution in [0.4, 0.5) is 0 Å². The minimum atomic E-state index is -3.82. The first-order chi connectivity index (χ1) is 9.03. The lowest BCUT2D eigenvalue weighted by Gasteiger charge is -2.07. The standard InChI is InChI=1S/C11H9ClN4O2S/c12-9-2-1-8(6-13)10(5-9)19(17,18)16-7-11-14-3-4-15-11/h1-5,16H,7H2,(H,14,15). The number of nitrogens with zero attached hydrogens (tertiary/aromatic N) is 2. The molecule has 2 N–H and O–H groups in total. The van der Waals surface area contributed by atoms with Crippen molar-refractivity contribution >= 4 is 21.6 Å². The number of hydrogen-bond donors (Lipinski definition) is 2. The lowest BCUT2D eigenvalue weighted by Crippen LogP contribution is -2.24. The number of hydrogen-bond acceptors (Lipinski definition) is 4. The Hall–Kier alpha value is -1.88. The third-order valence-corrected chi connectivity index (χ3v) is 4.01. The maximum Gasteiger partial charge on any atom is 0.242 e. The molecule has 0 atom stereocenters. The van der Waals surface area contributed by atoms with Crippen LogP contribution in [0.5, 0.6) is 0 Å². The maximum atomic E-state index is 12.1. The van der Waals surface area contributed by atoms with Gasteiger partial charge in [0.1, 0.15) is 16.8 Å². The van der Waals surface area contributed by atoms with E-state index in [9.17, 15) is 8.42 Å². The Kier molecular flexibility index (Phi) is 3.85. The number of aromatic amines is 1. The van der Waals surface area contributed by atoms with Crippen molar-refractivity contribution in [2.24, 2.45) is 0 Å². The molecule has 0 radical (unpaired) electrons. The van der Waals surface area contributed by atoms with Gasteiger partial charge in [0.25, 0.3) is 0 Å². The van der Waals surface area contributed by atoms with Crippen LogP contribution in [0, 0.1) is 11.3 Å². The molecular formula is C11H9ClN4O2S. The Balaban J connectivity index is 2.29. The van der Waals surface area contributed by atoms with E-state index >= 15 is 0 Å². The number of H-pyrrole nitrogens is 1. The molecule has 0 spiro atoms. The van der Waals surface area contributed by atoms with Gasteiger partial charge in [0.15, 0.2) is 0 Å². The molecule has 0 bridgehead atoms. The molecule has 0 aliphatic heterocycles. The molecule has 0 unspecified atom stereocenters. The van der Waals surface area contributed by atoms with E-state index in [1.54, 1.807) is 6.20 Å². The van der Waals surface area contributed by atoms with Crippen LogP contribution in [-0.2, 0) is 16.6 Å². The number of halogens is 1. The van der Waals surface area contributed by atoms with Gasteiger partial charge in [0.05, 0.1) is 12.1 Å². The summed E-state index contributed by atoms with van der Waals surface area (Å²) in [7, 11) is -3.82. The molecule has 2 rings (SSSR count). The fourth-order valence-corrected chi connectivity index (χ4v) is 2.85. The molecule has 0 aliphatic rings. The van der Waals surface area contributed by atoms with E-state index in [1.165, 1.54) is 24.4 Å². The Bertz CT molecular complexity index is 720. The second kappa shape index (κ2) is 5.40. The largest absolute Gasteiger partial charge is 0.347 e. The van der Waals surface area contributed by atoms with Gasteiger partial charge in [-0.3, -0.25) is 0 Å². The van der Waals surface area contributed by atoms with Gasteiger partial charge < -0.3 is 4.98 Å². The zero-order valence-corrected chi connectivity index (χ0v) is 11.2. The smallest absolute Gasteiger partial charge is 0.242 e. The number of rotatable bonds is 4. The second-order valence-electron chi connectivity index (χ2n) is 3.61. The Morgan fingerprint density at radius 2 is 2.26 bits per heavy atom. The van der Waals surface area contributed by atoms with E-state index in [-0.39, 0.29) is 22.0 Å². The van der Waals surface area contributed by atoms with E-state index in [1.807, 2.05) is 6.07 Å². The lowest BCUT2D eigenvalue weighted by molar-refractivity contribution is 0.579. The molecule has 6 nitrogen and oxygen atoms in total. The van der Waals surface area contributed by atoms with Crippen molar-refractivity contribution in [1.29, 1.82) is 5.26 Å². The van der Waals surface area contributed by atoms with Crippen LogP contribution in [0.25, 0.3) is 0 Å². The summed E-state index contributed by atoms with van der Waals surface area (Å²) in [5.41, 5.74) is 0.0383. The molecule has 0 saturated carbocycles. The van der Waals surface area contributed by atoms with Crippen molar-refractivity contribution in [3.05, 3.63) is 47.0 Å². The molecule has 1 heterocycles. The van der Waals surface area contributed by atoms with Gasteiger partial charge in [-0.15, -0.1) is 0 Å². The van der Waals surface area contributed by atoms with E-state index < -0.39 is 10.0 Å². The van der Waals surface area contributed by atoms with Gasteiger partial charge in [-0.2, -0.15) is 5.26 Å². The molecule has 98 valence electrons. The van der Waals surface area contributed by atoms with Crippen molar-refractivity contribution in [3.63, 3.8) is 0 Å². The van der Waals surface area contributed by atoms with Crippen molar-refractivity contribution in [1.82, 2.24) is 14.7 Å². The van der Waals surface area contributed by atoms with Crippen LogP contribution >= 0.6 is 11.6 Å². The molecule has 8 heteroatoms. The first-order valence-corrected chi connectivity index (χ1v) is 7.06. The Labute approximate surface area is 115 Å². The highest BCUT2D eigenvalue weighted by Crippen LogP contribution is 2.20. The van der Waals surface area contributed by atoms with Gasteiger partial charge in [-0.25, -0.2) is 18.1 Å².